The second kappa shape index (κ2) is 10.3. The molecule has 0 saturated carbocycles. The second-order valence-corrected chi connectivity index (χ2v) is 2.76. The van der Waals surface area contributed by atoms with Crippen molar-refractivity contribution in [3.63, 3.8) is 0 Å². The van der Waals surface area contributed by atoms with Crippen LogP contribution in [0.4, 0.5) is 0 Å². The third kappa shape index (κ3) is 9.30. The van der Waals surface area contributed by atoms with E-state index in [2.05, 4.69) is 19.1 Å². The van der Waals surface area contributed by atoms with Crippen molar-refractivity contribution >= 4 is 8.53 Å². The zero-order valence-electron chi connectivity index (χ0n) is 7.38. The van der Waals surface area contributed by atoms with E-state index in [0.717, 1.165) is 0 Å². The van der Waals surface area contributed by atoms with E-state index in [-0.39, 0.29) is 26.1 Å². The van der Waals surface area contributed by atoms with Crippen LogP contribution < -0.4 is 5.50 Å². The number of nitriles is 2. The molecule has 0 aliphatic heterocycles. The molecule has 0 atom stereocenters. The van der Waals surface area contributed by atoms with Gasteiger partial charge in [0.15, 0.2) is 0 Å². The van der Waals surface area contributed by atoms with Crippen LogP contribution in [0.2, 0.25) is 0 Å². The molecule has 0 aliphatic carbocycles. The van der Waals surface area contributed by atoms with Gasteiger partial charge in [0.2, 0.25) is 0 Å². The molecule has 2 N–H and O–H groups in total. The molecule has 0 aliphatic rings. The highest BCUT2D eigenvalue weighted by Gasteiger charge is 2.06. The van der Waals surface area contributed by atoms with Crippen LogP contribution in [-0.2, 0) is 19.1 Å². The number of hydrogen-bond acceptors (Lipinski definition) is 7. The molecule has 0 rings (SSSR count). The predicted molar refractivity (Wildman–Crippen MR) is 45.6 cm³/mol. The lowest BCUT2D eigenvalue weighted by Crippen LogP contribution is -2.02. The van der Waals surface area contributed by atoms with Gasteiger partial charge in [-0.15, -0.1) is 0 Å². The average molecular weight is 219 g/mol. The minimum Gasteiger partial charge on any atom is -0.260 e. The maximum atomic E-state index is 8.13. The van der Waals surface area contributed by atoms with Gasteiger partial charge < -0.3 is 0 Å². The van der Waals surface area contributed by atoms with Crippen LogP contribution in [-0.4, -0.2) is 13.2 Å². The van der Waals surface area contributed by atoms with Crippen LogP contribution in [0.1, 0.15) is 12.8 Å². The molecule has 0 spiro atoms. The highest BCUT2D eigenvalue weighted by atomic mass is 31.2. The first-order chi connectivity index (χ1) is 6.81. The van der Waals surface area contributed by atoms with Crippen LogP contribution in [0, 0.1) is 22.7 Å². The summed E-state index contributed by atoms with van der Waals surface area (Å²) < 4.78 is 8.97. The molecule has 0 unspecified atom stereocenters. The van der Waals surface area contributed by atoms with Gasteiger partial charge in [-0.25, -0.2) is 9.78 Å². The van der Waals surface area contributed by atoms with Gasteiger partial charge >= 0.3 is 8.53 Å². The first-order valence-electron chi connectivity index (χ1n) is 3.69. The van der Waals surface area contributed by atoms with Gasteiger partial charge in [0, 0.05) is 0 Å². The maximum absolute atomic E-state index is 8.13. The first kappa shape index (κ1) is 13.2. The summed E-state index contributed by atoms with van der Waals surface area (Å²) in [6, 6.07) is 3.71. The highest BCUT2D eigenvalue weighted by Crippen LogP contribution is 2.28. The minimum atomic E-state index is -1.78. The van der Waals surface area contributed by atoms with E-state index in [4.69, 9.17) is 16.0 Å². The van der Waals surface area contributed by atoms with E-state index < -0.39 is 8.53 Å². The summed E-state index contributed by atoms with van der Waals surface area (Å²) in [5.74, 6) is 0. The molecule has 0 saturated heterocycles. The second-order valence-electron chi connectivity index (χ2n) is 1.89. The highest BCUT2D eigenvalue weighted by molar-refractivity contribution is 7.44. The SMILES string of the molecule is N#CCCOOP(N)OOCCC#N. The van der Waals surface area contributed by atoms with Gasteiger partial charge in [0.25, 0.3) is 0 Å². The summed E-state index contributed by atoms with van der Waals surface area (Å²) in [6.45, 7) is 0.238. The van der Waals surface area contributed by atoms with Crippen LogP contribution in [0.25, 0.3) is 0 Å². The maximum Gasteiger partial charge on any atom is 0.318 e. The van der Waals surface area contributed by atoms with Crippen molar-refractivity contribution in [2.24, 2.45) is 5.50 Å². The molecule has 7 nitrogen and oxygen atoms in total. The van der Waals surface area contributed by atoms with Crippen LogP contribution in [0.15, 0.2) is 0 Å². The lowest BCUT2D eigenvalue weighted by molar-refractivity contribution is -0.255. The summed E-state index contributed by atoms with van der Waals surface area (Å²) >= 11 is 0. The van der Waals surface area contributed by atoms with Gasteiger partial charge in [0.05, 0.1) is 38.2 Å². The fourth-order valence-corrected chi connectivity index (χ4v) is 0.747. The Hall–Kier alpha value is -0.790. The summed E-state index contributed by atoms with van der Waals surface area (Å²) in [7, 11) is -1.78. The first-order valence-corrected chi connectivity index (χ1v) is 4.94. The van der Waals surface area contributed by atoms with Gasteiger partial charge in [-0.05, 0) is 0 Å². The predicted octanol–water partition coefficient (Wildman–Crippen LogP) is 0.896. The van der Waals surface area contributed by atoms with E-state index >= 15 is 0 Å². The Morgan fingerprint density at radius 3 is 1.79 bits per heavy atom. The van der Waals surface area contributed by atoms with Crippen molar-refractivity contribution in [2.45, 2.75) is 12.8 Å². The number of nitrogens with zero attached hydrogens (tertiary/aromatic N) is 2. The average Bonchev–Trinajstić information content (AvgIpc) is 2.19. The number of nitrogens with two attached hydrogens (primary N) is 1. The Bertz CT molecular complexity index is 192. The quantitative estimate of drug-likeness (QED) is 0.279. The zero-order valence-corrected chi connectivity index (χ0v) is 8.27. The third-order valence-electron chi connectivity index (χ3n) is 0.847. The number of rotatable bonds is 8. The molecule has 0 bridgehead atoms. The zero-order chi connectivity index (χ0) is 10.6. The van der Waals surface area contributed by atoms with Crippen molar-refractivity contribution in [3.05, 3.63) is 0 Å². The molecule has 0 radical (unpaired) electrons. The lowest BCUT2D eigenvalue weighted by atomic mass is 10.5. The molecule has 0 amide bonds. The van der Waals surface area contributed by atoms with Gasteiger partial charge in [-0.1, -0.05) is 0 Å². The fourth-order valence-electron chi connectivity index (χ4n) is 0.365. The normalized spacial score (nSPS) is 9.71. The fraction of sp³-hybridized carbons (Fsp3) is 0.667. The van der Waals surface area contributed by atoms with Crippen molar-refractivity contribution in [3.8, 4) is 12.1 Å². The van der Waals surface area contributed by atoms with Gasteiger partial charge in [-0.2, -0.15) is 19.9 Å². The van der Waals surface area contributed by atoms with E-state index in [0.29, 0.717) is 0 Å². The van der Waals surface area contributed by atoms with Crippen molar-refractivity contribution in [2.75, 3.05) is 13.2 Å². The number of hydrogen-bond donors (Lipinski definition) is 1. The smallest absolute Gasteiger partial charge is 0.260 e. The molecule has 0 heterocycles. The Balaban J connectivity index is 3.16. The molecule has 14 heavy (non-hydrogen) atoms. The Labute approximate surface area is 82.7 Å². The van der Waals surface area contributed by atoms with Crippen molar-refractivity contribution in [1.82, 2.24) is 0 Å². The third-order valence-corrected chi connectivity index (χ3v) is 1.35. The Morgan fingerprint density at radius 2 is 1.43 bits per heavy atom. The topological polar surface area (TPSA) is 111 Å². The Kier molecular flexibility index (Phi) is 9.71. The summed E-state index contributed by atoms with van der Waals surface area (Å²) in [6.07, 6.45) is 0.414. The Morgan fingerprint density at radius 1 is 1.00 bits per heavy atom. The summed E-state index contributed by atoms with van der Waals surface area (Å²) in [5.41, 5.74) is 5.24. The molecular weight excluding hydrogens is 209 g/mol. The van der Waals surface area contributed by atoms with E-state index in [1.54, 1.807) is 0 Å². The van der Waals surface area contributed by atoms with E-state index in [1.165, 1.54) is 0 Å². The van der Waals surface area contributed by atoms with Crippen LogP contribution in [0.3, 0.4) is 0 Å². The van der Waals surface area contributed by atoms with Crippen molar-refractivity contribution in [1.29, 1.82) is 10.5 Å². The molecule has 0 aromatic carbocycles. The molecular formula is C6H10N3O4P. The molecule has 0 aromatic heterocycles. The van der Waals surface area contributed by atoms with Gasteiger partial charge in [0.1, 0.15) is 0 Å². The molecule has 8 heteroatoms. The monoisotopic (exact) mass is 219 g/mol. The standard InChI is InChI=1S/C6H10N3O4P/c7-3-1-5-10-12-14(9)13-11-6-2-4-8/h1-2,5-6,9H2. The van der Waals surface area contributed by atoms with Gasteiger partial charge in [-0.3, -0.25) is 5.50 Å². The van der Waals surface area contributed by atoms with Crippen LogP contribution in [0.5, 0.6) is 0 Å². The minimum absolute atomic E-state index is 0.119. The molecule has 78 valence electrons. The molecule has 0 fully saturated rings. The summed E-state index contributed by atoms with van der Waals surface area (Å²) in [4.78, 5) is 9.01. The summed E-state index contributed by atoms with van der Waals surface area (Å²) in [5, 5.41) is 16.3. The van der Waals surface area contributed by atoms with E-state index in [9.17, 15) is 0 Å². The van der Waals surface area contributed by atoms with Crippen molar-refractivity contribution < 1.29 is 19.1 Å². The van der Waals surface area contributed by atoms with Crippen LogP contribution >= 0.6 is 8.53 Å². The lowest BCUT2D eigenvalue weighted by Gasteiger charge is -2.08. The van der Waals surface area contributed by atoms with E-state index in [1.807, 2.05) is 12.1 Å². The largest absolute Gasteiger partial charge is 0.318 e. The molecule has 0 aromatic rings.